The number of amides is 2. The Morgan fingerprint density at radius 3 is 2.63 bits per heavy atom. The molecule has 6 heteroatoms. The molecular formula is C13H19N3O2S. The van der Waals surface area contributed by atoms with Gasteiger partial charge < -0.3 is 10.2 Å². The molecule has 1 fully saturated rings. The molecule has 1 aliphatic rings. The third-order valence-electron chi connectivity index (χ3n) is 3.53. The largest absolute Gasteiger partial charge is 0.343 e. The van der Waals surface area contributed by atoms with Crippen molar-refractivity contribution in [3.05, 3.63) is 16.1 Å². The third kappa shape index (κ3) is 2.63. The quantitative estimate of drug-likeness (QED) is 0.909. The first-order valence-electron chi connectivity index (χ1n) is 6.58. The molecule has 1 N–H and O–H groups in total. The van der Waals surface area contributed by atoms with Crippen LogP contribution in [0.5, 0.6) is 0 Å². The first kappa shape index (κ1) is 14.0. The summed E-state index contributed by atoms with van der Waals surface area (Å²) in [5.74, 6) is -0.0298. The summed E-state index contributed by atoms with van der Waals surface area (Å²) < 4.78 is 0. The van der Waals surface area contributed by atoms with Gasteiger partial charge in [0.15, 0.2) is 0 Å². The van der Waals surface area contributed by atoms with Gasteiger partial charge in [0.05, 0.1) is 17.7 Å². The smallest absolute Gasteiger partial charge is 0.246 e. The molecule has 0 bridgehead atoms. The van der Waals surface area contributed by atoms with Crippen LogP contribution in [0.1, 0.15) is 37.3 Å². The van der Waals surface area contributed by atoms with E-state index in [0.29, 0.717) is 19.4 Å². The molecule has 1 aromatic heterocycles. The molecule has 0 aromatic carbocycles. The van der Waals surface area contributed by atoms with E-state index < -0.39 is 0 Å². The number of rotatable bonds is 4. The van der Waals surface area contributed by atoms with Crippen LogP contribution in [0.4, 0.5) is 0 Å². The Kier molecular flexibility index (Phi) is 4.19. The van der Waals surface area contributed by atoms with E-state index in [1.165, 1.54) is 11.3 Å². The number of nitrogens with zero attached hydrogens (tertiary/aromatic N) is 2. The van der Waals surface area contributed by atoms with Crippen LogP contribution >= 0.6 is 11.3 Å². The molecule has 2 unspecified atom stereocenters. The minimum atomic E-state index is -0.386. The lowest BCUT2D eigenvalue weighted by Crippen LogP contribution is -2.62. The van der Waals surface area contributed by atoms with E-state index in [1.54, 1.807) is 10.4 Å². The van der Waals surface area contributed by atoms with Crippen LogP contribution < -0.4 is 5.32 Å². The van der Waals surface area contributed by atoms with Crippen LogP contribution in [0.2, 0.25) is 0 Å². The summed E-state index contributed by atoms with van der Waals surface area (Å²) in [6.45, 7) is 6.25. The van der Waals surface area contributed by atoms with Gasteiger partial charge in [0.1, 0.15) is 12.1 Å². The van der Waals surface area contributed by atoms with E-state index in [4.69, 9.17) is 0 Å². The number of nitrogens with one attached hydrogen (secondary N) is 1. The molecule has 2 rings (SSSR count). The number of hydrogen-bond donors (Lipinski definition) is 1. The standard InChI is InChI=1S/C13H19N3O2S/c1-4-9-13(18)16(10(5-2)12(17)15-9)6-11-8(3)14-7-19-11/h7,9-10H,4-6H2,1-3H3,(H,15,17). The molecule has 0 aliphatic carbocycles. The number of carbonyl (C=O) groups is 2. The summed E-state index contributed by atoms with van der Waals surface area (Å²) in [6.07, 6.45) is 1.25. The number of piperazine rings is 1. The monoisotopic (exact) mass is 281 g/mol. The summed E-state index contributed by atoms with van der Waals surface area (Å²) in [4.78, 5) is 31.4. The van der Waals surface area contributed by atoms with Crippen molar-refractivity contribution in [1.82, 2.24) is 15.2 Å². The fourth-order valence-electron chi connectivity index (χ4n) is 2.33. The van der Waals surface area contributed by atoms with E-state index in [0.717, 1.165) is 10.6 Å². The number of aromatic nitrogens is 1. The molecule has 19 heavy (non-hydrogen) atoms. The molecule has 1 aromatic rings. The van der Waals surface area contributed by atoms with Gasteiger partial charge in [0.2, 0.25) is 11.8 Å². The van der Waals surface area contributed by atoms with Gasteiger partial charge in [-0.25, -0.2) is 4.98 Å². The summed E-state index contributed by atoms with van der Waals surface area (Å²) in [5, 5.41) is 2.80. The fraction of sp³-hybridized carbons (Fsp3) is 0.615. The predicted molar refractivity (Wildman–Crippen MR) is 73.7 cm³/mol. The maximum absolute atomic E-state index is 12.4. The number of thiazole rings is 1. The summed E-state index contributed by atoms with van der Waals surface area (Å²) in [7, 11) is 0. The minimum absolute atomic E-state index is 0.0155. The van der Waals surface area contributed by atoms with Crippen LogP contribution in [0.25, 0.3) is 0 Å². The van der Waals surface area contributed by atoms with Crippen molar-refractivity contribution in [2.75, 3.05) is 0 Å². The van der Waals surface area contributed by atoms with Gasteiger partial charge in [-0.2, -0.15) is 0 Å². The van der Waals surface area contributed by atoms with Gasteiger partial charge >= 0.3 is 0 Å². The highest BCUT2D eigenvalue weighted by atomic mass is 32.1. The highest BCUT2D eigenvalue weighted by molar-refractivity contribution is 7.09. The average Bonchev–Trinajstić information content (AvgIpc) is 2.79. The lowest BCUT2D eigenvalue weighted by atomic mass is 10.0. The van der Waals surface area contributed by atoms with E-state index in [1.807, 2.05) is 20.8 Å². The molecule has 1 saturated heterocycles. The Morgan fingerprint density at radius 2 is 2.11 bits per heavy atom. The van der Waals surface area contributed by atoms with E-state index in [9.17, 15) is 9.59 Å². The highest BCUT2D eigenvalue weighted by Gasteiger charge is 2.38. The zero-order valence-electron chi connectivity index (χ0n) is 11.5. The van der Waals surface area contributed by atoms with Gasteiger partial charge in [-0.15, -0.1) is 11.3 Å². The van der Waals surface area contributed by atoms with Crippen molar-refractivity contribution in [3.8, 4) is 0 Å². The molecule has 5 nitrogen and oxygen atoms in total. The SMILES string of the molecule is CCC1NC(=O)C(CC)N(Cc2scnc2C)C1=O. The van der Waals surface area contributed by atoms with Gasteiger partial charge in [-0.05, 0) is 19.8 Å². The zero-order valence-corrected chi connectivity index (χ0v) is 12.3. The van der Waals surface area contributed by atoms with Crippen LogP contribution in [0.15, 0.2) is 5.51 Å². The molecule has 2 heterocycles. The lowest BCUT2D eigenvalue weighted by Gasteiger charge is -2.38. The first-order chi connectivity index (χ1) is 9.08. The molecular weight excluding hydrogens is 262 g/mol. The molecule has 104 valence electrons. The number of hydrogen-bond acceptors (Lipinski definition) is 4. The fourth-order valence-corrected chi connectivity index (χ4v) is 3.10. The Labute approximate surface area is 117 Å². The second-order valence-electron chi connectivity index (χ2n) is 4.72. The van der Waals surface area contributed by atoms with Crippen molar-refractivity contribution >= 4 is 23.2 Å². The van der Waals surface area contributed by atoms with Crippen LogP contribution in [0.3, 0.4) is 0 Å². The maximum Gasteiger partial charge on any atom is 0.246 e. The van der Waals surface area contributed by atoms with Gasteiger partial charge in [-0.3, -0.25) is 9.59 Å². The average molecular weight is 281 g/mol. The summed E-state index contributed by atoms with van der Waals surface area (Å²) in [6, 6.07) is -0.750. The zero-order chi connectivity index (χ0) is 14.0. The molecule has 0 saturated carbocycles. The lowest BCUT2D eigenvalue weighted by molar-refractivity contribution is -0.150. The van der Waals surface area contributed by atoms with Crippen LogP contribution in [0, 0.1) is 6.92 Å². The molecule has 0 spiro atoms. The molecule has 1 aliphatic heterocycles. The third-order valence-corrected chi connectivity index (χ3v) is 4.45. The van der Waals surface area contributed by atoms with Crippen molar-refractivity contribution in [2.24, 2.45) is 0 Å². The van der Waals surface area contributed by atoms with Gasteiger partial charge in [0.25, 0.3) is 0 Å². The van der Waals surface area contributed by atoms with Gasteiger partial charge in [-0.1, -0.05) is 13.8 Å². The second-order valence-corrected chi connectivity index (χ2v) is 5.66. The highest BCUT2D eigenvalue weighted by Crippen LogP contribution is 2.21. The molecule has 2 atom stereocenters. The normalized spacial score (nSPS) is 23.6. The van der Waals surface area contributed by atoms with Crippen molar-refractivity contribution < 1.29 is 9.59 Å². The minimum Gasteiger partial charge on any atom is -0.343 e. The van der Waals surface area contributed by atoms with Crippen LogP contribution in [-0.2, 0) is 16.1 Å². The van der Waals surface area contributed by atoms with Crippen LogP contribution in [-0.4, -0.2) is 33.8 Å². The van der Waals surface area contributed by atoms with E-state index in [2.05, 4.69) is 10.3 Å². The molecule has 2 amide bonds. The predicted octanol–water partition coefficient (Wildman–Crippen LogP) is 1.47. The van der Waals surface area contributed by atoms with Gasteiger partial charge in [0, 0.05) is 4.88 Å². The van der Waals surface area contributed by atoms with Crippen molar-refractivity contribution in [2.45, 2.75) is 52.2 Å². The maximum atomic E-state index is 12.4. The number of aryl methyl sites for hydroxylation is 1. The topological polar surface area (TPSA) is 62.3 Å². The Morgan fingerprint density at radius 1 is 1.37 bits per heavy atom. The Balaban J connectivity index is 2.24. The van der Waals surface area contributed by atoms with E-state index >= 15 is 0 Å². The van der Waals surface area contributed by atoms with Crippen molar-refractivity contribution in [3.63, 3.8) is 0 Å². The van der Waals surface area contributed by atoms with E-state index in [-0.39, 0.29) is 23.9 Å². The summed E-state index contributed by atoms with van der Waals surface area (Å²) >= 11 is 1.53. The molecule has 0 radical (unpaired) electrons. The first-order valence-corrected chi connectivity index (χ1v) is 7.46. The summed E-state index contributed by atoms with van der Waals surface area (Å²) in [5.41, 5.74) is 2.71. The Hall–Kier alpha value is -1.43. The van der Waals surface area contributed by atoms with Crippen molar-refractivity contribution in [1.29, 1.82) is 0 Å². The Bertz CT molecular complexity index is 486. The number of carbonyl (C=O) groups excluding carboxylic acids is 2. The second kappa shape index (κ2) is 5.69.